The molecule has 1 aliphatic rings. The highest BCUT2D eigenvalue weighted by atomic mass is 19.1. The highest BCUT2D eigenvalue weighted by Crippen LogP contribution is 2.37. The first-order chi connectivity index (χ1) is 12.1. The zero-order valence-electron chi connectivity index (χ0n) is 16.4. The highest BCUT2D eigenvalue weighted by molar-refractivity contribution is 6.63. The Bertz CT molecular complexity index is 781. The number of hydrogen-bond donors (Lipinski definition) is 0. The van der Waals surface area contributed by atoms with Crippen molar-refractivity contribution >= 4 is 12.6 Å². The summed E-state index contributed by atoms with van der Waals surface area (Å²) in [5, 5.41) is 0. The quantitative estimate of drug-likeness (QED) is 0.764. The molecule has 5 heteroatoms. The Hall–Kier alpha value is -1.85. The van der Waals surface area contributed by atoms with Gasteiger partial charge in [0.05, 0.1) is 11.2 Å². The van der Waals surface area contributed by atoms with Crippen molar-refractivity contribution in [3.8, 4) is 5.75 Å². The van der Waals surface area contributed by atoms with E-state index >= 15 is 0 Å². The second kappa shape index (κ2) is 6.71. The molecule has 0 saturated carbocycles. The lowest BCUT2D eigenvalue weighted by Crippen LogP contribution is -2.41. The smallest absolute Gasteiger partial charge is 0.489 e. The van der Waals surface area contributed by atoms with Gasteiger partial charge in [0.1, 0.15) is 18.2 Å². The van der Waals surface area contributed by atoms with Crippen LogP contribution in [0.5, 0.6) is 5.75 Å². The molecule has 0 atom stereocenters. The zero-order chi connectivity index (χ0) is 19.1. The van der Waals surface area contributed by atoms with Crippen LogP contribution in [0.3, 0.4) is 0 Å². The number of aryl methyl sites for hydroxylation is 2. The molecule has 1 heterocycles. The number of halogens is 1. The lowest BCUT2D eigenvalue weighted by atomic mass is 9.78. The van der Waals surface area contributed by atoms with Gasteiger partial charge in [-0.3, -0.25) is 0 Å². The van der Waals surface area contributed by atoms with E-state index in [4.69, 9.17) is 14.0 Å². The molecule has 138 valence electrons. The monoisotopic (exact) mass is 356 g/mol. The summed E-state index contributed by atoms with van der Waals surface area (Å²) in [4.78, 5) is 0. The van der Waals surface area contributed by atoms with Gasteiger partial charge in [0.15, 0.2) is 0 Å². The van der Waals surface area contributed by atoms with E-state index in [9.17, 15) is 4.39 Å². The van der Waals surface area contributed by atoms with Gasteiger partial charge in [-0.2, -0.15) is 0 Å². The van der Waals surface area contributed by atoms with Crippen molar-refractivity contribution in [2.75, 3.05) is 0 Å². The molecule has 0 unspecified atom stereocenters. The van der Waals surface area contributed by atoms with Crippen LogP contribution < -0.4 is 10.2 Å². The van der Waals surface area contributed by atoms with Crippen molar-refractivity contribution in [3.63, 3.8) is 0 Å². The fraction of sp³-hybridized carbons (Fsp3) is 0.429. The molecule has 0 amide bonds. The Morgan fingerprint density at radius 1 is 0.923 bits per heavy atom. The van der Waals surface area contributed by atoms with Crippen LogP contribution in [0, 0.1) is 19.7 Å². The van der Waals surface area contributed by atoms with Gasteiger partial charge in [0.25, 0.3) is 0 Å². The Kier molecular flexibility index (Phi) is 4.89. The largest absolute Gasteiger partial charge is 0.498 e. The summed E-state index contributed by atoms with van der Waals surface area (Å²) >= 11 is 0. The first-order valence-electron chi connectivity index (χ1n) is 8.92. The molecule has 3 rings (SSSR count). The Morgan fingerprint density at radius 2 is 1.50 bits per heavy atom. The molecule has 26 heavy (non-hydrogen) atoms. The summed E-state index contributed by atoms with van der Waals surface area (Å²) in [5.41, 5.74) is 3.18. The van der Waals surface area contributed by atoms with E-state index in [0.29, 0.717) is 17.8 Å². The second-order valence-corrected chi connectivity index (χ2v) is 8.06. The van der Waals surface area contributed by atoms with Crippen molar-refractivity contribution < 1.29 is 18.4 Å². The highest BCUT2D eigenvalue weighted by Gasteiger charge is 2.52. The van der Waals surface area contributed by atoms with Crippen molar-refractivity contribution in [2.24, 2.45) is 0 Å². The molecule has 0 aliphatic carbocycles. The zero-order valence-corrected chi connectivity index (χ0v) is 16.4. The maximum absolute atomic E-state index is 13.8. The van der Waals surface area contributed by atoms with Gasteiger partial charge < -0.3 is 14.0 Å². The minimum atomic E-state index is -0.588. The van der Waals surface area contributed by atoms with E-state index < -0.39 is 18.3 Å². The van der Waals surface area contributed by atoms with Crippen molar-refractivity contribution in [2.45, 2.75) is 59.4 Å². The maximum Gasteiger partial charge on any atom is 0.498 e. The molecule has 3 nitrogen and oxygen atoms in total. The maximum atomic E-state index is 13.8. The van der Waals surface area contributed by atoms with Crippen LogP contribution in [-0.4, -0.2) is 18.3 Å². The van der Waals surface area contributed by atoms with Crippen molar-refractivity contribution in [1.82, 2.24) is 0 Å². The van der Waals surface area contributed by atoms with Crippen molar-refractivity contribution in [1.29, 1.82) is 0 Å². The molecule has 2 aromatic rings. The molecule has 0 bridgehead atoms. The number of rotatable bonds is 4. The van der Waals surface area contributed by atoms with Gasteiger partial charge in [-0.05, 0) is 53.2 Å². The topological polar surface area (TPSA) is 27.7 Å². The summed E-state index contributed by atoms with van der Waals surface area (Å²) in [5.74, 6) is 0.100. The second-order valence-electron chi connectivity index (χ2n) is 8.06. The number of ether oxygens (including phenoxy) is 1. The Balaban J connectivity index is 1.85. The lowest BCUT2D eigenvalue weighted by Gasteiger charge is -2.32. The molecular weight excluding hydrogens is 330 g/mol. The third kappa shape index (κ3) is 3.79. The number of hydrogen-bond acceptors (Lipinski definition) is 3. The molecule has 0 spiro atoms. The lowest BCUT2D eigenvalue weighted by molar-refractivity contribution is 0.00578. The average Bonchev–Trinajstić information content (AvgIpc) is 2.72. The molecule has 0 aromatic heterocycles. The third-order valence-corrected chi connectivity index (χ3v) is 5.16. The van der Waals surface area contributed by atoms with Gasteiger partial charge >= 0.3 is 7.12 Å². The minimum Gasteiger partial charge on any atom is -0.489 e. The van der Waals surface area contributed by atoms with Crippen LogP contribution in [0.4, 0.5) is 4.39 Å². The van der Waals surface area contributed by atoms with E-state index in [1.807, 2.05) is 27.7 Å². The van der Waals surface area contributed by atoms with Crippen LogP contribution >= 0.6 is 0 Å². The summed E-state index contributed by atoms with van der Waals surface area (Å²) < 4.78 is 32.0. The van der Waals surface area contributed by atoms with Gasteiger partial charge in [0.2, 0.25) is 0 Å². The molecular formula is C21H26BFO3. The molecule has 1 saturated heterocycles. The first kappa shape index (κ1) is 18.9. The standard InChI is InChI=1S/C21H26BFO3/c1-14-9-15(2)11-16(10-14)13-24-19-12-17(23)7-8-18(19)22-25-20(3,4)21(5,6)26-22/h7-12H,13H2,1-6H3. The van der Waals surface area contributed by atoms with Crippen LogP contribution in [-0.2, 0) is 15.9 Å². The molecule has 1 aliphatic heterocycles. The van der Waals surface area contributed by atoms with Crippen molar-refractivity contribution in [3.05, 3.63) is 58.9 Å². The minimum absolute atomic E-state index is 0.347. The van der Waals surface area contributed by atoms with E-state index in [-0.39, 0.29) is 5.82 Å². The normalized spacial score (nSPS) is 18.2. The first-order valence-corrected chi connectivity index (χ1v) is 8.92. The molecule has 0 radical (unpaired) electrons. The van der Waals surface area contributed by atoms with Gasteiger partial charge in [-0.25, -0.2) is 4.39 Å². The third-order valence-electron chi connectivity index (χ3n) is 5.16. The van der Waals surface area contributed by atoms with E-state index in [1.54, 1.807) is 6.07 Å². The Morgan fingerprint density at radius 3 is 2.08 bits per heavy atom. The van der Waals surface area contributed by atoms with Gasteiger partial charge in [0, 0.05) is 11.5 Å². The fourth-order valence-corrected chi connectivity index (χ4v) is 3.11. The van der Waals surface area contributed by atoms with Crippen LogP contribution in [0.1, 0.15) is 44.4 Å². The van der Waals surface area contributed by atoms with Crippen LogP contribution in [0.25, 0.3) is 0 Å². The summed E-state index contributed by atoms with van der Waals surface area (Å²) in [6, 6.07) is 10.7. The number of benzene rings is 2. The predicted octanol–water partition coefficient (Wildman–Crippen LogP) is 4.32. The summed E-state index contributed by atoms with van der Waals surface area (Å²) in [6.07, 6.45) is 0. The van der Waals surface area contributed by atoms with Crippen LogP contribution in [0.15, 0.2) is 36.4 Å². The summed E-state index contributed by atoms with van der Waals surface area (Å²) in [7, 11) is -0.588. The summed E-state index contributed by atoms with van der Waals surface area (Å²) in [6.45, 7) is 12.4. The molecule has 1 fully saturated rings. The van der Waals surface area contributed by atoms with E-state index in [1.165, 1.54) is 23.3 Å². The molecule has 0 N–H and O–H groups in total. The Labute approximate surface area is 155 Å². The fourth-order valence-electron chi connectivity index (χ4n) is 3.11. The molecule has 2 aromatic carbocycles. The predicted molar refractivity (Wildman–Crippen MR) is 102 cm³/mol. The SMILES string of the molecule is Cc1cc(C)cc(COc2cc(F)ccc2B2OC(C)(C)C(C)(C)O2)c1. The van der Waals surface area contributed by atoms with Crippen LogP contribution in [0.2, 0.25) is 0 Å². The van der Waals surface area contributed by atoms with Gasteiger partial charge in [-0.15, -0.1) is 0 Å². The van der Waals surface area contributed by atoms with Gasteiger partial charge in [-0.1, -0.05) is 35.4 Å². The average molecular weight is 356 g/mol. The van der Waals surface area contributed by atoms with E-state index in [2.05, 4.69) is 32.0 Å². The van der Waals surface area contributed by atoms with E-state index in [0.717, 1.165) is 5.56 Å².